The van der Waals surface area contributed by atoms with Crippen LogP contribution in [0.15, 0.2) is 0 Å². The molecule has 0 bridgehead atoms. The normalized spacial score (nSPS) is 20.0. The zero-order chi connectivity index (χ0) is 17.8. The van der Waals surface area contributed by atoms with Gasteiger partial charge in [-0.1, -0.05) is 0 Å². The molecule has 6 nitrogen and oxygen atoms in total. The average Bonchev–Trinajstić information content (AvgIpc) is 2.71. The topological polar surface area (TPSA) is 62.6 Å². The van der Waals surface area contributed by atoms with Gasteiger partial charge in [-0.3, -0.25) is 0 Å². The molecule has 1 aliphatic rings. The van der Waals surface area contributed by atoms with Gasteiger partial charge in [0.05, 0.1) is 16.9 Å². The fraction of sp³-hybridized carbons (Fsp3) is 0.750. The number of carbonyl (C=O) groups is 1. The summed E-state index contributed by atoms with van der Waals surface area (Å²) in [6, 6.07) is 0. The van der Waals surface area contributed by atoms with E-state index in [1.54, 1.807) is 0 Å². The predicted octanol–water partition coefficient (Wildman–Crippen LogP) is 2.58. The third kappa shape index (κ3) is 3.31. The van der Waals surface area contributed by atoms with E-state index in [4.69, 9.17) is 14.0 Å². The maximum atomic E-state index is 12.3. The monoisotopic (exact) mass is 322 g/mol. The van der Waals surface area contributed by atoms with Crippen molar-refractivity contribution in [1.29, 1.82) is 0 Å². The number of aryl methyl sites for hydroxylation is 1. The van der Waals surface area contributed by atoms with Crippen LogP contribution in [0.5, 0.6) is 0 Å². The van der Waals surface area contributed by atoms with Crippen molar-refractivity contribution in [2.45, 2.75) is 79.1 Å². The molecule has 0 amide bonds. The highest BCUT2D eigenvalue weighted by atomic mass is 16.7. The second-order valence-electron chi connectivity index (χ2n) is 8.06. The van der Waals surface area contributed by atoms with Gasteiger partial charge in [-0.15, -0.1) is 0 Å². The Balaban J connectivity index is 2.35. The van der Waals surface area contributed by atoms with E-state index in [-0.39, 0.29) is 0 Å². The fourth-order valence-corrected chi connectivity index (χ4v) is 2.44. The summed E-state index contributed by atoms with van der Waals surface area (Å²) in [7, 11) is -0.545. The van der Waals surface area contributed by atoms with E-state index in [0.29, 0.717) is 11.4 Å². The van der Waals surface area contributed by atoms with E-state index >= 15 is 0 Å². The standard InChI is InChI=1S/C16H27BN2O4/c1-10-12(17-22-15(6,7)16(8,9)23-17)11(2)19(18-10)13(20)21-14(3,4)5/h1-9H3. The van der Waals surface area contributed by atoms with Gasteiger partial charge in [0.1, 0.15) is 5.60 Å². The van der Waals surface area contributed by atoms with Gasteiger partial charge in [-0.05, 0) is 62.3 Å². The molecule has 7 heteroatoms. The Labute approximate surface area is 138 Å². The molecule has 2 heterocycles. The second-order valence-corrected chi connectivity index (χ2v) is 8.06. The van der Waals surface area contributed by atoms with E-state index in [0.717, 1.165) is 5.46 Å². The molecule has 0 aromatic carbocycles. The van der Waals surface area contributed by atoms with Crippen LogP contribution in [-0.2, 0) is 14.0 Å². The maximum absolute atomic E-state index is 12.3. The van der Waals surface area contributed by atoms with Crippen molar-refractivity contribution in [3.63, 3.8) is 0 Å². The molecule has 1 aliphatic heterocycles. The summed E-state index contributed by atoms with van der Waals surface area (Å²) >= 11 is 0. The van der Waals surface area contributed by atoms with Crippen molar-refractivity contribution in [2.75, 3.05) is 0 Å². The summed E-state index contributed by atoms with van der Waals surface area (Å²) in [5, 5.41) is 4.32. The zero-order valence-corrected chi connectivity index (χ0v) is 15.6. The average molecular weight is 322 g/mol. The number of rotatable bonds is 1. The van der Waals surface area contributed by atoms with Gasteiger partial charge >= 0.3 is 13.2 Å². The molecule has 0 unspecified atom stereocenters. The van der Waals surface area contributed by atoms with Crippen LogP contribution in [0.2, 0.25) is 0 Å². The number of ether oxygens (including phenoxy) is 1. The second kappa shape index (κ2) is 5.35. The third-order valence-electron chi connectivity index (χ3n) is 4.40. The Morgan fingerprint density at radius 3 is 2.04 bits per heavy atom. The van der Waals surface area contributed by atoms with E-state index in [1.165, 1.54) is 4.68 Å². The lowest BCUT2D eigenvalue weighted by Gasteiger charge is -2.32. The molecule has 0 aliphatic carbocycles. The molecular weight excluding hydrogens is 295 g/mol. The summed E-state index contributed by atoms with van der Waals surface area (Å²) < 4.78 is 18.8. The Bertz CT molecular complexity index is 613. The summed E-state index contributed by atoms with van der Waals surface area (Å²) in [6.45, 7) is 17.1. The third-order valence-corrected chi connectivity index (χ3v) is 4.40. The highest BCUT2D eigenvalue weighted by Crippen LogP contribution is 2.36. The molecule has 0 N–H and O–H groups in total. The van der Waals surface area contributed by atoms with Gasteiger partial charge in [0.15, 0.2) is 0 Å². The first-order chi connectivity index (χ1) is 10.3. The van der Waals surface area contributed by atoms with Gasteiger partial charge in [-0.2, -0.15) is 9.78 Å². The van der Waals surface area contributed by atoms with E-state index in [2.05, 4.69) is 5.10 Å². The lowest BCUT2D eigenvalue weighted by Crippen LogP contribution is -2.41. The van der Waals surface area contributed by atoms with Crippen LogP contribution in [0.25, 0.3) is 0 Å². The van der Waals surface area contributed by atoms with Crippen molar-refractivity contribution >= 4 is 18.7 Å². The summed E-state index contributed by atoms with van der Waals surface area (Å²) in [5.74, 6) is 0. The highest BCUT2D eigenvalue weighted by Gasteiger charge is 2.53. The molecule has 0 atom stereocenters. The molecule has 0 saturated carbocycles. The molecular formula is C16H27BN2O4. The Morgan fingerprint density at radius 1 is 1.13 bits per heavy atom. The summed E-state index contributed by atoms with van der Waals surface area (Å²) in [5.41, 5.74) is 0.708. The van der Waals surface area contributed by atoms with E-state index in [1.807, 2.05) is 62.3 Å². The van der Waals surface area contributed by atoms with E-state index < -0.39 is 30.0 Å². The lowest BCUT2D eigenvalue weighted by molar-refractivity contribution is 0.00578. The first kappa shape index (κ1) is 18.0. The number of aromatic nitrogens is 2. The molecule has 0 spiro atoms. The van der Waals surface area contributed by atoms with Crippen LogP contribution in [0.3, 0.4) is 0 Å². The van der Waals surface area contributed by atoms with Crippen LogP contribution in [0.4, 0.5) is 4.79 Å². The van der Waals surface area contributed by atoms with E-state index in [9.17, 15) is 4.79 Å². The molecule has 0 radical (unpaired) electrons. The Hall–Kier alpha value is -1.34. The van der Waals surface area contributed by atoms with Crippen LogP contribution < -0.4 is 5.46 Å². The maximum Gasteiger partial charge on any atom is 0.498 e. The van der Waals surface area contributed by atoms with Crippen molar-refractivity contribution in [1.82, 2.24) is 9.78 Å². The quantitative estimate of drug-likeness (QED) is 0.744. The van der Waals surface area contributed by atoms with Gasteiger partial charge in [0.25, 0.3) is 0 Å². The van der Waals surface area contributed by atoms with Crippen molar-refractivity contribution in [3.05, 3.63) is 11.4 Å². The van der Waals surface area contributed by atoms with Crippen LogP contribution in [-0.4, -0.2) is 39.8 Å². The SMILES string of the molecule is Cc1nn(C(=O)OC(C)(C)C)c(C)c1B1OC(C)(C)C(C)(C)O1. The zero-order valence-electron chi connectivity index (χ0n) is 15.6. The number of hydrogen-bond donors (Lipinski definition) is 0. The minimum atomic E-state index is -0.576. The molecule has 1 saturated heterocycles. The van der Waals surface area contributed by atoms with Crippen molar-refractivity contribution in [3.8, 4) is 0 Å². The first-order valence-corrected chi connectivity index (χ1v) is 7.90. The molecule has 1 aromatic heterocycles. The van der Waals surface area contributed by atoms with Crippen LogP contribution >= 0.6 is 0 Å². The smallest absolute Gasteiger partial charge is 0.442 e. The number of nitrogens with zero attached hydrogens (tertiary/aromatic N) is 2. The minimum Gasteiger partial charge on any atom is -0.442 e. The van der Waals surface area contributed by atoms with Crippen LogP contribution in [0, 0.1) is 13.8 Å². The lowest BCUT2D eigenvalue weighted by atomic mass is 9.77. The fourth-order valence-electron chi connectivity index (χ4n) is 2.44. The predicted molar refractivity (Wildman–Crippen MR) is 89.0 cm³/mol. The largest absolute Gasteiger partial charge is 0.498 e. The molecule has 23 heavy (non-hydrogen) atoms. The van der Waals surface area contributed by atoms with Gasteiger partial charge in [0.2, 0.25) is 0 Å². The minimum absolute atomic E-state index is 0.440. The Morgan fingerprint density at radius 2 is 1.61 bits per heavy atom. The summed E-state index contributed by atoms with van der Waals surface area (Å²) in [4.78, 5) is 12.3. The number of carbonyl (C=O) groups excluding carboxylic acids is 1. The van der Waals surface area contributed by atoms with Gasteiger partial charge in [0, 0.05) is 11.2 Å². The van der Waals surface area contributed by atoms with Gasteiger partial charge < -0.3 is 14.0 Å². The molecule has 128 valence electrons. The van der Waals surface area contributed by atoms with Crippen molar-refractivity contribution < 1.29 is 18.8 Å². The Kier molecular flexibility index (Phi) is 4.19. The molecule has 2 rings (SSSR count). The molecule has 1 aromatic rings. The van der Waals surface area contributed by atoms with Crippen molar-refractivity contribution in [2.24, 2.45) is 0 Å². The van der Waals surface area contributed by atoms with Gasteiger partial charge in [-0.25, -0.2) is 4.79 Å². The molecule has 1 fully saturated rings. The number of hydrogen-bond acceptors (Lipinski definition) is 5. The highest BCUT2D eigenvalue weighted by molar-refractivity contribution is 6.63. The first-order valence-electron chi connectivity index (χ1n) is 7.90. The summed E-state index contributed by atoms with van der Waals surface area (Å²) in [6.07, 6.45) is -0.499. The van der Waals surface area contributed by atoms with Crippen LogP contribution in [0.1, 0.15) is 59.9 Å².